The molecule has 1 aromatic carbocycles. The van der Waals surface area contributed by atoms with E-state index >= 15 is 0 Å². The van der Waals surface area contributed by atoms with Gasteiger partial charge in [0, 0.05) is 11.6 Å². The first-order chi connectivity index (χ1) is 7.74. The molecule has 1 heterocycles. The second-order valence-electron chi connectivity index (χ2n) is 4.49. The summed E-state index contributed by atoms with van der Waals surface area (Å²) < 4.78 is 2.09. The van der Waals surface area contributed by atoms with Crippen LogP contribution < -0.4 is 5.73 Å². The van der Waals surface area contributed by atoms with Gasteiger partial charge in [0.2, 0.25) is 5.95 Å². The number of hydrogen-bond acceptors (Lipinski definition) is 2. The molecule has 0 amide bonds. The molecule has 0 aliphatic heterocycles. The van der Waals surface area contributed by atoms with Gasteiger partial charge in [0.15, 0.2) is 0 Å². The number of nitrogen functional groups attached to an aromatic ring is 1. The largest absolute Gasteiger partial charge is 0.369 e. The number of halogens is 1. The van der Waals surface area contributed by atoms with Gasteiger partial charge in [0.1, 0.15) is 0 Å². The summed E-state index contributed by atoms with van der Waals surface area (Å²) in [5, 5.41) is 0.708. The number of nitrogens with zero attached hydrogens (tertiary/aromatic N) is 2. The number of fused-ring (bicyclic) bond motifs is 1. The van der Waals surface area contributed by atoms with E-state index in [-0.39, 0.29) is 0 Å². The molecule has 0 bridgehead atoms. The predicted octanol–water partition coefficient (Wildman–Crippen LogP) is 3.07. The molecule has 0 unspecified atom stereocenters. The van der Waals surface area contributed by atoms with Crippen LogP contribution in [0.15, 0.2) is 18.2 Å². The molecule has 16 heavy (non-hydrogen) atoms. The first-order valence-electron chi connectivity index (χ1n) is 5.65. The minimum absolute atomic E-state index is 0.595. The Morgan fingerprint density at radius 2 is 2.25 bits per heavy atom. The first kappa shape index (κ1) is 9.97. The Morgan fingerprint density at radius 3 is 3.00 bits per heavy atom. The minimum atomic E-state index is 0.595. The summed E-state index contributed by atoms with van der Waals surface area (Å²) >= 11 is 5.93. The molecule has 2 N–H and O–H groups in total. The maximum Gasteiger partial charge on any atom is 0.201 e. The summed E-state index contributed by atoms with van der Waals surface area (Å²) in [5.41, 5.74) is 7.89. The summed E-state index contributed by atoms with van der Waals surface area (Å²) in [5.74, 6) is 1.50. The van der Waals surface area contributed by atoms with Crippen molar-refractivity contribution in [2.45, 2.75) is 25.8 Å². The van der Waals surface area contributed by atoms with Gasteiger partial charge in [-0.2, -0.15) is 0 Å². The lowest BCUT2D eigenvalue weighted by molar-refractivity contribution is 0.614. The number of benzene rings is 1. The van der Waals surface area contributed by atoms with Crippen LogP contribution >= 0.6 is 11.6 Å². The molecule has 0 radical (unpaired) electrons. The van der Waals surface area contributed by atoms with Gasteiger partial charge >= 0.3 is 0 Å². The van der Waals surface area contributed by atoms with Gasteiger partial charge in [-0.25, -0.2) is 4.98 Å². The molecular weight excluding hydrogens is 222 g/mol. The van der Waals surface area contributed by atoms with Gasteiger partial charge in [0.05, 0.1) is 11.0 Å². The number of nitrogens with two attached hydrogens (primary N) is 1. The molecule has 1 fully saturated rings. The zero-order valence-corrected chi connectivity index (χ0v) is 9.74. The van der Waals surface area contributed by atoms with Crippen LogP contribution in [0.2, 0.25) is 5.02 Å². The van der Waals surface area contributed by atoms with Gasteiger partial charge in [-0.3, -0.25) is 0 Å². The molecule has 1 aliphatic rings. The van der Waals surface area contributed by atoms with Crippen LogP contribution in [-0.4, -0.2) is 9.55 Å². The number of hydrogen-bond donors (Lipinski definition) is 1. The first-order valence-corrected chi connectivity index (χ1v) is 6.03. The third kappa shape index (κ3) is 1.76. The van der Waals surface area contributed by atoms with Crippen molar-refractivity contribution in [3.05, 3.63) is 23.2 Å². The molecule has 3 rings (SSSR count). The number of rotatable bonds is 3. The molecule has 1 aromatic heterocycles. The summed E-state index contributed by atoms with van der Waals surface area (Å²) in [4.78, 5) is 4.33. The Bertz CT molecular complexity index is 528. The maximum atomic E-state index is 5.93. The van der Waals surface area contributed by atoms with E-state index in [2.05, 4.69) is 9.55 Å². The molecule has 0 atom stereocenters. The number of anilines is 1. The zero-order valence-electron chi connectivity index (χ0n) is 8.99. The van der Waals surface area contributed by atoms with E-state index in [0.29, 0.717) is 11.0 Å². The smallest absolute Gasteiger partial charge is 0.201 e. The predicted molar refractivity (Wildman–Crippen MR) is 66.5 cm³/mol. The molecular formula is C12H14ClN3. The normalized spacial score (nSPS) is 15.8. The Morgan fingerprint density at radius 1 is 1.44 bits per heavy atom. The molecule has 1 saturated carbocycles. The van der Waals surface area contributed by atoms with E-state index in [1.165, 1.54) is 19.3 Å². The van der Waals surface area contributed by atoms with Crippen molar-refractivity contribution in [3.8, 4) is 0 Å². The lowest BCUT2D eigenvalue weighted by atomic mass is 10.2. The fraction of sp³-hybridized carbons (Fsp3) is 0.417. The average molecular weight is 236 g/mol. The second kappa shape index (κ2) is 3.67. The van der Waals surface area contributed by atoms with Crippen LogP contribution in [0.25, 0.3) is 11.0 Å². The van der Waals surface area contributed by atoms with E-state index in [1.807, 2.05) is 18.2 Å². The monoisotopic (exact) mass is 235 g/mol. The zero-order chi connectivity index (χ0) is 11.1. The Balaban J connectivity index is 1.97. The minimum Gasteiger partial charge on any atom is -0.369 e. The highest BCUT2D eigenvalue weighted by atomic mass is 35.5. The Labute approximate surface area is 99.2 Å². The quantitative estimate of drug-likeness (QED) is 0.889. The second-order valence-corrected chi connectivity index (χ2v) is 4.92. The van der Waals surface area contributed by atoms with Gasteiger partial charge in [-0.1, -0.05) is 24.4 Å². The van der Waals surface area contributed by atoms with Crippen LogP contribution in [0.5, 0.6) is 0 Å². The van der Waals surface area contributed by atoms with Crippen molar-refractivity contribution in [2.24, 2.45) is 5.92 Å². The number of imidazole rings is 1. The van der Waals surface area contributed by atoms with Crippen LogP contribution in [0, 0.1) is 5.92 Å². The molecule has 4 heteroatoms. The van der Waals surface area contributed by atoms with Gasteiger partial charge in [-0.15, -0.1) is 0 Å². The molecule has 1 aliphatic carbocycles. The number of aryl methyl sites for hydroxylation is 1. The summed E-state index contributed by atoms with van der Waals surface area (Å²) in [6, 6.07) is 5.74. The highest BCUT2D eigenvalue weighted by Crippen LogP contribution is 2.33. The number of aromatic nitrogens is 2. The summed E-state index contributed by atoms with van der Waals surface area (Å²) in [7, 11) is 0. The average Bonchev–Trinajstić information content (AvgIpc) is 3.00. The van der Waals surface area contributed by atoms with Crippen LogP contribution in [0.3, 0.4) is 0 Å². The molecule has 84 valence electrons. The SMILES string of the molecule is Nc1nc2cc(Cl)ccc2n1CCC1CC1. The molecule has 0 spiro atoms. The molecule has 3 nitrogen and oxygen atoms in total. The Kier molecular flexibility index (Phi) is 2.28. The standard InChI is InChI=1S/C12H14ClN3/c13-9-3-4-11-10(7-9)15-12(14)16(11)6-5-8-1-2-8/h3-4,7-8H,1-2,5-6H2,(H2,14,15). The van der Waals surface area contributed by atoms with Crippen molar-refractivity contribution in [1.82, 2.24) is 9.55 Å². The lowest BCUT2D eigenvalue weighted by Gasteiger charge is -2.05. The van der Waals surface area contributed by atoms with Crippen LogP contribution in [0.4, 0.5) is 5.95 Å². The van der Waals surface area contributed by atoms with Gasteiger partial charge < -0.3 is 10.3 Å². The van der Waals surface area contributed by atoms with Crippen molar-refractivity contribution < 1.29 is 0 Å². The van der Waals surface area contributed by atoms with Gasteiger partial charge in [0.25, 0.3) is 0 Å². The topological polar surface area (TPSA) is 43.8 Å². The van der Waals surface area contributed by atoms with E-state index in [0.717, 1.165) is 23.5 Å². The molecule has 2 aromatic rings. The van der Waals surface area contributed by atoms with E-state index in [4.69, 9.17) is 17.3 Å². The lowest BCUT2D eigenvalue weighted by Crippen LogP contribution is -2.03. The third-order valence-electron chi connectivity index (χ3n) is 3.20. The van der Waals surface area contributed by atoms with Crippen LogP contribution in [-0.2, 0) is 6.54 Å². The third-order valence-corrected chi connectivity index (χ3v) is 3.43. The van der Waals surface area contributed by atoms with E-state index < -0.39 is 0 Å². The summed E-state index contributed by atoms with van der Waals surface area (Å²) in [6.07, 6.45) is 3.95. The maximum absolute atomic E-state index is 5.93. The fourth-order valence-electron chi connectivity index (χ4n) is 2.07. The Hall–Kier alpha value is -1.22. The fourth-order valence-corrected chi connectivity index (χ4v) is 2.24. The van der Waals surface area contributed by atoms with E-state index in [9.17, 15) is 0 Å². The van der Waals surface area contributed by atoms with Crippen molar-refractivity contribution in [3.63, 3.8) is 0 Å². The van der Waals surface area contributed by atoms with Crippen molar-refractivity contribution >= 4 is 28.6 Å². The highest BCUT2D eigenvalue weighted by Gasteiger charge is 2.21. The van der Waals surface area contributed by atoms with Crippen molar-refractivity contribution in [2.75, 3.05) is 5.73 Å². The highest BCUT2D eigenvalue weighted by molar-refractivity contribution is 6.31. The van der Waals surface area contributed by atoms with Crippen molar-refractivity contribution in [1.29, 1.82) is 0 Å². The van der Waals surface area contributed by atoms with Crippen LogP contribution in [0.1, 0.15) is 19.3 Å². The molecule has 0 saturated heterocycles. The van der Waals surface area contributed by atoms with E-state index in [1.54, 1.807) is 0 Å². The van der Waals surface area contributed by atoms with Gasteiger partial charge in [-0.05, 0) is 30.5 Å². The summed E-state index contributed by atoms with van der Waals surface area (Å²) in [6.45, 7) is 0.967.